The van der Waals surface area contributed by atoms with Crippen molar-refractivity contribution >= 4 is 11.6 Å². The highest BCUT2D eigenvalue weighted by Gasteiger charge is 2.17. The second-order valence-corrected chi connectivity index (χ2v) is 6.02. The molecule has 26 heavy (non-hydrogen) atoms. The second-order valence-electron chi connectivity index (χ2n) is 6.02. The van der Waals surface area contributed by atoms with Crippen LogP contribution in [0.15, 0.2) is 36.4 Å². The van der Waals surface area contributed by atoms with Crippen LogP contribution in [-0.2, 0) is 17.8 Å². The molecular weight excluding hydrogens is 330 g/mol. The summed E-state index contributed by atoms with van der Waals surface area (Å²) in [6.45, 7) is 8.45. The van der Waals surface area contributed by atoms with E-state index in [1.165, 1.54) is 5.56 Å². The first-order valence-corrected chi connectivity index (χ1v) is 8.99. The van der Waals surface area contributed by atoms with Gasteiger partial charge in [-0.2, -0.15) is 5.06 Å². The third kappa shape index (κ3) is 4.76. The van der Waals surface area contributed by atoms with E-state index < -0.39 is 0 Å². The summed E-state index contributed by atoms with van der Waals surface area (Å²) in [5, 5.41) is 10.9. The molecule has 0 atom stereocenters. The normalized spacial score (nSPS) is 10.5. The maximum absolute atomic E-state index is 11.9. The van der Waals surface area contributed by atoms with E-state index in [4.69, 9.17) is 9.47 Å². The minimum absolute atomic E-state index is 0.202. The Balaban J connectivity index is 2.26. The molecule has 0 bridgehead atoms. The first kappa shape index (κ1) is 19.8. The third-order valence-corrected chi connectivity index (χ3v) is 4.17. The number of carbonyl (C=O) groups is 1. The lowest BCUT2D eigenvalue weighted by molar-refractivity contribution is -0.123. The van der Waals surface area contributed by atoms with Crippen molar-refractivity contribution in [3.8, 4) is 11.5 Å². The first-order chi connectivity index (χ1) is 12.5. The van der Waals surface area contributed by atoms with Crippen LogP contribution in [0.5, 0.6) is 11.5 Å². The zero-order valence-corrected chi connectivity index (χ0v) is 15.9. The van der Waals surface area contributed by atoms with Crippen molar-refractivity contribution in [2.45, 2.75) is 47.1 Å². The van der Waals surface area contributed by atoms with E-state index in [0.717, 1.165) is 17.7 Å². The van der Waals surface area contributed by atoms with Crippen LogP contribution in [-0.4, -0.2) is 17.7 Å². The molecule has 0 fully saturated rings. The summed E-state index contributed by atoms with van der Waals surface area (Å²) >= 11 is 0. The molecule has 5 heteroatoms. The van der Waals surface area contributed by atoms with Crippen LogP contribution < -0.4 is 14.5 Å². The smallest absolute Gasteiger partial charge is 0.250 e. The van der Waals surface area contributed by atoms with Gasteiger partial charge in [-0.1, -0.05) is 26.0 Å². The Labute approximate surface area is 155 Å². The van der Waals surface area contributed by atoms with E-state index in [-0.39, 0.29) is 18.9 Å². The Morgan fingerprint density at radius 1 is 1.08 bits per heavy atom. The molecule has 0 saturated heterocycles. The average Bonchev–Trinajstić information content (AvgIpc) is 2.66. The molecule has 2 rings (SSSR count). The summed E-state index contributed by atoms with van der Waals surface area (Å²) in [4.78, 5) is 11.9. The van der Waals surface area contributed by atoms with Gasteiger partial charge in [0.1, 0.15) is 18.1 Å². The molecule has 2 aromatic rings. The summed E-state index contributed by atoms with van der Waals surface area (Å²) in [5.74, 6) is 0.995. The molecule has 0 aliphatic heterocycles. The average molecular weight is 357 g/mol. The van der Waals surface area contributed by atoms with Gasteiger partial charge in [0.2, 0.25) is 5.91 Å². The SMILES string of the molecule is CCOc1ccc(COc2ccc(CC)cc2C)c(N(O)C(=O)CC)c1. The molecule has 1 N–H and O–H groups in total. The quantitative estimate of drug-likeness (QED) is 0.551. The number of hydrogen-bond donors (Lipinski definition) is 1. The lowest BCUT2D eigenvalue weighted by Gasteiger charge is -2.20. The summed E-state index contributed by atoms with van der Waals surface area (Å²) in [6, 6.07) is 11.4. The number of ether oxygens (including phenoxy) is 2. The number of anilines is 1. The van der Waals surface area contributed by atoms with Gasteiger partial charge in [0, 0.05) is 18.1 Å². The van der Waals surface area contributed by atoms with Crippen molar-refractivity contribution in [1.29, 1.82) is 0 Å². The molecule has 2 aromatic carbocycles. The Morgan fingerprint density at radius 2 is 1.85 bits per heavy atom. The highest BCUT2D eigenvalue weighted by molar-refractivity contribution is 5.91. The number of hydrogen-bond acceptors (Lipinski definition) is 4. The zero-order chi connectivity index (χ0) is 19.1. The van der Waals surface area contributed by atoms with Gasteiger partial charge < -0.3 is 9.47 Å². The van der Waals surface area contributed by atoms with Gasteiger partial charge in [0.15, 0.2) is 0 Å². The van der Waals surface area contributed by atoms with Crippen LogP contribution in [0.2, 0.25) is 0 Å². The summed E-state index contributed by atoms with van der Waals surface area (Å²) in [5.41, 5.74) is 3.40. The van der Waals surface area contributed by atoms with Crippen LogP contribution in [0.25, 0.3) is 0 Å². The first-order valence-electron chi connectivity index (χ1n) is 8.99. The van der Waals surface area contributed by atoms with E-state index in [1.54, 1.807) is 13.0 Å². The molecular formula is C21H27NO4. The van der Waals surface area contributed by atoms with Crippen molar-refractivity contribution in [3.63, 3.8) is 0 Å². The number of rotatable bonds is 8. The van der Waals surface area contributed by atoms with E-state index >= 15 is 0 Å². The van der Waals surface area contributed by atoms with Gasteiger partial charge in [0.25, 0.3) is 0 Å². The van der Waals surface area contributed by atoms with Gasteiger partial charge >= 0.3 is 0 Å². The van der Waals surface area contributed by atoms with Crippen LogP contribution >= 0.6 is 0 Å². The predicted octanol–water partition coefficient (Wildman–Crippen LogP) is 4.67. The summed E-state index contributed by atoms with van der Waals surface area (Å²) in [7, 11) is 0. The Kier molecular flexibility index (Phi) is 7.04. The Morgan fingerprint density at radius 3 is 2.46 bits per heavy atom. The minimum atomic E-state index is -0.386. The molecule has 0 heterocycles. The number of aryl methyl sites for hydroxylation is 2. The number of hydroxylamine groups is 1. The summed E-state index contributed by atoms with van der Waals surface area (Å²) < 4.78 is 11.4. The van der Waals surface area contributed by atoms with Gasteiger partial charge in [-0.15, -0.1) is 0 Å². The van der Waals surface area contributed by atoms with E-state index in [2.05, 4.69) is 13.0 Å². The van der Waals surface area contributed by atoms with Crippen molar-refractivity contribution in [2.24, 2.45) is 0 Å². The lowest BCUT2D eigenvalue weighted by Crippen LogP contribution is -2.27. The second kappa shape index (κ2) is 9.25. The van der Waals surface area contributed by atoms with Gasteiger partial charge in [-0.05, 0) is 49.6 Å². The minimum Gasteiger partial charge on any atom is -0.494 e. The predicted molar refractivity (Wildman–Crippen MR) is 102 cm³/mol. The molecule has 0 radical (unpaired) electrons. The Bertz CT molecular complexity index is 758. The van der Waals surface area contributed by atoms with Gasteiger partial charge in [-0.3, -0.25) is 10.0 Å². The van der Waals surface area contributed by atoms with Crippen LogP contribution in [0.3, 0.4) is 0 Å². The maximum atomic E-state index is 11.9. The van der Waals surface area contributed by atoms with E-state index in [1.807, 2.05) is 38.1 Å². The van der Waals surface area contributed by atoms with Crippen molar-refractivity contribution < 1.29 is 19.5 Å². The van der Waals surface area contributed by atoms with E-state index in [0.29, 0.717) is 28.7 Å². The highest BCUT2D eigenvalue weighted by atomic mass is 16.5. The van der Waals surface area contributed by atoms with Gasteiger partial charge in [-0.25, -0.2) is 0 Å². The van der Waals surface area contributed by atoms with Crippen molar-refractivity contribution in [2.75, 3.05) is 11.7 Å². The molecule has 0 saturated carbocycles. The molecule has 0 spiro atoms. The van der Waals surface area contributed by atoms with Crippen LogP contribution in [0, 0.1) is 6.92 Å². The topological polar surface area (TPSA) is 59.0 Å². The fourth-order valence-electron chi connectivity index (χ4n) is 2.65. The standard InChI is InChI=1S/C21H27NO4/c1-5-16-8-11-20(15(4)12-16)26-14-17-9-10-18(25-7-3)13-19(17)22(24)21(23)6-2/h8-13,24H,5-7,14H2,1-4H3. The molecule has 0 aliphatic rings. The van der Waals surface area contributed by atoms with Crippen LogP contribution in [0.1, 0.15) is 43.9 Å². The highest BCUT2D eigenvalue weighted by Crippen LogP contribution is 2.28. The molecule has 140 valence electrons. The number of carbonyl (C=O) groups excluding carboxylic acids is 1. The monoisotopic (exact) mass is 357 g/mol. The van der Waals surface area contributed by atoms with E-state index in [9.17, 15) is 10.0 Å². The lowest BCUT2D eigenvalue weighted by atomic mass is 10.1. The number of benzene rings is 2. The van der Waals surface area contributed by atoms with Crippen molar-refractivity contribution in [1.82, 2.24) is 0 Å². The molecule has 1 amide bonds. The fourth-order valence-corrected chi connectivity index (χ4v) is 2.65. The largest absolute Gasteiger partial charge is 0.494 e. The molecule has 5 nitrogen and oxygen atoms in total. The van der Waals surface area contributed by atoms with Crippen molar-refractivity contribution in [3.05, 3.63) is 53.1 Å². The maximum Gasteiger partial charge on any atom is 0.250 e. The number of amides is 1. The number of nitrogens with zero attached hydrogens (tertiary/aromatic N) is 1. The summed E-state index contributed by atoms with van der Waals surface area (Å²) in [6.07, 6.45) is 1.18. The molecule has 0 aliphatic carbocycles. The third-order valence-electron chi connectivity index (χ3n) is 4.17. The zero-order valence-electron chi connectivity index (χ0n) is 15.9. The fraction of sp³-hybridized carbons (Fsp3) is 0.381. The molecule has 0 aromatic heterocycles. The molecule has 0 unspecified atom stereocenters. The van der Waals surface area contributed by atoms with Crippen LogP contribution in [0.4, 0.5) is 5.69 Å². The Hall–Kier alpha value is -2.53. The van der Waals surface area contributed by atoms with Gasteiger partial charge in [0.05, 0.1) is 12.3 Å².